The molecule has 1 fully saturated rings. The van der Waals surface area contributed by atoms with Gasteiger partial charge in [0.25, 0.3) is 0 Å². The van der Waals surface area contributed by atoms with Crippen molar-refractivity contribution in [1.29, 1.82) is 0 Å². The molecule has 3 heterocycles. The standard InChI is InChI=1S/C24H30N2O6/c1-13-16(11-19(27)26-9-6-14(7-10-26)22(25)28)23(29)31-21-15-5-8-24(2,3)32-17(15)12-18(30-4)20(13)21/h12,14H,5-11H2,1-4H3,(H2,25,28). The lowest BCUT2D eigenvalue weighted by Gasteiger charge is -2.33. The minimum Gasteiger partial charge on any atom is -0.496 e. The molecule has 2 aromatic rings. The number of hydrogen-bond acceptors (Lipinski definition) is 6. The van der Waals surface area contributed by atoms with Gasteiger partial charge in [0.2, 0.25) is 11.8 Å². The number of rotatable bonds is 4. The van der Waals surface area contributed by atoms with Gasteiger partial charge in [-0.25, -0.2) is 4.79 Å². The van der Waals surface area contributed by atoms with Crippen molar-refractivity contribution in [3.05, 3.63) is 33.2 Å². The zero-order valence-corrected chi connectivity index (χ0v) is 19.1. The first-order chi connectivity index (χ1) is 15.1. The van der Waals surface area contributed by atoms with Crippen LogP contribution in [0.5, 0.6) is 11.5 Å². The number of aryl methyl sites for hydroxylation is 2. The Morgan fingerprint density at radius 2 is 1.97 bits per heavy atom. The van der Waals surface area contributed by atoms with E-state index < -0.39 is 5.63 Å². The summed E-state index contributed by atoms with van der Waals surface area (Å²) in [4.78, 5) is 38.9. The summed E-state index contributed by atoms with van der Waals surface area (Å²) in [5.74, 6) is 0.521. The molecule has 2 aliphatic heterocycles. The van der Waals surface area contributed by atoms with E-state index in [1.807, 2.05) is 26.8 Å². The highest BCUT2D eigenvalue weighted by molar-refractivity contribution is 5.93. The van der Waals surface area contributed by atoms with E-state index in [1.165, 1.54) is 0 Å². The highest BCUT2D eigenvalue weighted by Gasteiger charge is 2.32. The van der Waals surface area contributed by atoms with Crippen LogP contribution >= 0.6 is 0 Å². The molecule has 32 heavy (non-hydrogen) atoms. The monoisotopic (exact) mass is 442 g/mol. The predicted octanol–water partition coefficient (Wildman–Crippen LogP) is 2.48. The van der Waals surface area contributed by atoms with Crippen molar-refractivity contribution in [2.24, 2.45) is 11.7 Å². The molecule has 8 nitrogen and oxygen atoms in total. The smallest absolute Gasteiger partial charge is 0.340 e. The lowest BCUT2D eigenvalue weighted by molar-refractivity contribution is -0.134. The molecule has 1 saturated heterocycles. The van der Waals surface area contributed by atoms with Crippen molar-refractivity contribution in [1.82, 2.24) is 4.90 Å². The number of nitrogens with two attached hydrogens (primary N) is 1. The number of benzene rings is 1. The van der Waals surface area contributed by atoms with Crippen LogP contribution in [-0.4, -0.2) is 42.5 Å². The third-order valence-electron chi connectivity index (χ3n) is 6.74. The molecule has 0 spiro atoms. The SMILES string of the molecule is COc1cc2c(c3oc(=O)c(CC(=O)N4CCC(C(N)=O)CC4)c(C)c13)CCC(C)(C)O2. The van der Waals surface area contributed by atoms with Gasteiger partial charge in [-0.15, -0.1) is 0 Å². The molecule has 0 saturated carbocycles. The molecule has 0 aliphatic carbocycles. The molecule has 0 unspecified atom stereocenters. The van der Waals surface area contributed by atoms with E-state index in [-0.39, 0.29) is 29.8 Å². The molecule has 2 amide bonds. The minimum absolute atomic E-state index is 0.0604. The molecule has 1 aromatic heterocycles. The lowest BCUT2D eigenvalue weighted by Crippen LogP contribution is -2.42. The van der Waals surface area contributed by atoms with Gasteiger partial charge in [0.15, 0.2) is 0 Å². The number of methoxy groups -OCH3 is 1. The second-order valence-corrected chi connectivity index (χ2v) is 9.35. The van der Waals surface area contributed by atoms with E-state index in [4.69, 9.17) is 19.6 Å². The van der Waals surface area contributed by atoms with Crippen LogP contribution in [0.2, 0.25) is 0 Å². The largest absolute Gasteiger partial charge is 0.496 e. The van der Waals surface area contributed by atoms with Gasteiger partial charge in [-0.05, 0) is 52.0 Å². The first kappa shape index (κ1) is 22.2. The summed E-state index contributed by atoms with van der Waals surface area (Å²) in [6.07, 6.45) is 2.55. The number of carbonyl (C=O) groups is 2. The third-order valence-corrected chi connectivity index (χ3v) is 6.74. The van der Waals surface area contributed by atoms with Crippen LogP contribution in [0, 0.1) is 12.8 Å². The van der Waals surface area contributed by atoms with E-state index >= 15 is 0 Å². The number of nitrogens with zero attached hydrogens (tertiary/aromatic N) is 1. The van der Waals surface area contributed by atoms with E-state index in [2.05, 4.69) is 0 Å². The molecule has 2 aliphatic rings. The summed E-state index contributed by atoms with van der Waals surface area (Å²) in [7, 11) is 1.56. The van der Waals surface area contributed by atoms with Crippen LogP contribution in [0.3, 0.4) is 0 Å². The molecule has 0 atom stereocenters. The first-order valence-corrected chi connectivity index (χ1v) is 11.0. The summed E-state index contributed by atoms with van der Waals surface area (Å²) >= 11 is 0. The summed E-state index contributed by atoms with van der Waals surface area (Å²) < 4.78 is 17.5. The fraction of sp³-hybridized carbons (Fsp3) is 0.542. The second kappa shape index (κ2) is 8.15. The number of carbonyl (C=O) groups excluding carboxylic acids is 2. The van der Waals surface area contributed by atoms with Crippen molar-refractivity contribution in [3.8, 4) is 11.5 Å². The number of ether oxygens (including phenoxy) is 2. The number of hydrogen-bond donors (Lipinski definition) is 1. The number of fused-ring (bicyclic) bond motifs is 3. The summed E-state index contributed by atoms with van der Waals surface area (Å²) in [6, 6.07) is 1.84. The van der Waals surface area contributed by atoms with Gasteiger partial charge < -0.3 is 24.5 Å². The molecule has 1 aromatic carbocycles. The predicted molar refractivity (Wildman–Crippen MR) is 119 cm³/mol. The third kappa shape index (κ3) is 3.94. The Labute approximate surface area is 186 Å². The Morgan fingerprint density at radius 1 is 1.28 bits per heavy atom. The van der Waals surface area contributed by atoms with E-state index in [9.17, 15) is 14.4 Å². The Kier molecular flexibility index (Phi) is 5.65. The number of amides is 2. The quantitative estimate of drug-likeness (QED) is 0.728. The number of likely N-dealkylation sites (tertiary alicyclic amines) is 1. The minimum atomic E-state index is -0.518. The fourth-order valence-corrected chi connectivity index (χ4v) is 4.72. The van der Waals surface area contributed by atoms with Gasteiger partial charge in [0.05, 0.1) is 24.5 Å². The molecule has 0 radical (unpaired) electrons. The number of primary amides is 1. The Morgan fingerprint density at radius 3 is 2.59 bits per heavy atom. The normalized spacial score (nSPS) is 18.2. The Hall–Kier alpha value is -3.03. The van der Waals surface area contributed by atoms with Gasteiger partial charge in [-0.3, -0.25) is 9.59 Å². The summed E-state index contributed by atoms with van der Waals surface area (Å²) in [5.41, 5.74) is 6.88. The average Bonchev–Trinajstić information content (AvgIpc) is 2.74. The van der Waals surface area contributed by atoms with Crippen LogP contribution in [0.4, 0.5) is 0 Å². The van der Waals surface area contributed by atoms with Gasteiger partial charge in [0, 0.05) is 30.6 Å². The fourth-order valence-electron chi connectivity index (χ4n) is 4.72. The van der Waals surface area contributed by atoms with Crippen molar-refractivity contribution in [3.63, 3.8) is 0 Å². The molecule has 172 valence electrons. The van der Waals surface area contributed by atoms with Crippen LogP contribution < -0.4 is 20.8 Å². The molecule has 0 bridgehead atoms. The molecule has 8 heteroatoms. The Balaban J connectivity index is 1.69. The highest BCUT2D eigenvalue weighted by Crippen LogP contribution is 2.43. The van der Waals surface area contributed by atoms with Gasteiger partial charge in [-0.1, -0.05) is 0 Å². The maximum absolute atomic E-state index is 12.9. The maximum Gasteiger partial charge on any atom is 0.340 e. The second-order valence-electron chi connectivity index (χ2n) is 9.35. The van der Waals surface area contributed by atoms with Crippen molar-refractivity contribution in [2.75, 3.05) is 20.2 Å². The first-order valence-electron chi connectivity index (χ1n) is 11.0. The van der Waals surface area contributed by atoms with Crippen molar-refractivity contribution in [2.45, 2.75) is 58.5 Å². The molecular formula is C24H30N2O6. The zero-order valence-electron chi connectivity index (χ0n) is 19.1. The van der Waals surface area contributed by atoms with E-state index in [1.54, 1.807) is 12.0 Å². The lowest BCUT2D eigenvalue weighted by atomic mass is 9.91. The average molecular weight is 443 g/mol. The van der Waals surface area contributed by atoms with Crippen LogP contribution in [-0.2, 0) is 22.4 Å². The van der Waals surface area contributed by atoms with Crippen molar-refractivity contribution < 1.29 is 23.5 Å². The topological polar surface area (TPSA) is 112 Å². The van der Waals surface area contributed by atoms with Gasteiger partial charge in [-0.2, -0.15) is 0 Å². The summed E-state index contributed by atoms with van der Waals surface area (Å²) in [6.45, 7) is 6.77. The Bertz CT molecular complexity index is 1140. The van der Waals surface area contributed by atoms with E-state index in [0.29, 0.717) is 59.5 Å². The summed E-state index contributed by atoms with van der Waals surface area (Å²) in [5, 5.41) is 0.699. The highest BCUT2D eigenvalue weighted by atomic mass is 16.5. The van der Waals surface area contributed by atoms with E-state index in [0.717, 1.165) is 18.4 Å². The van der Waals surface area contributed by atoms with Gasteiger partial charge >= 0.3 is 5.63 Å². The molecule has 4 rings (SSSR count). The van der Waals surface area contributed by atoms with Crippen LogP contribution in [0.15, 0.2) is 15.3 Å². The molecular weight excluding hydrogens is 412 g/mol. The number of piperidine rings is 1. The van der Waals surface area contributed by atoms with Crippen LogP contribution in [0.1, 0.15) is 49.8 Å². The van der Waals surface area contributed by atoms with Crippen LogP contribution in [0.25, 0.3) is 11.0 Å². The maximum atomic E-state index is 12.9. The zero-order chi connectivity index (χ0) is 23.2. The molecule has 2 N–H and O–H groups in total. The van der Waals surface area contributed by atoms with Crippen molar-refractivity contribution >= 4 is 22.8 Å². The van der Waals surface area contributed by atoms with Gasteiger partial charge in [0.1, 0.15) is 22.7 Å².